The molecule has 22 heavy (non-hydrogen) atoms. The summed E-state index contributed by atoms with van der Waals surface area (Å²) in [6.45, 7) is 10.2. The Morgan fingerprint density at radius 2 is 1.50 bits per heavy atom. The molecule has 1 aromatic carbocycles. The second-order valence-corrected chi connectivity index (χ2v) is 6.75. The maximum Gasteiger partial charge on any atom is 0.516 e. The number of hydrogen-bond acceptors (Lipinski definition) is 4. The number of aryl methyl sites for hydroxylation is 1. The fourth-order valence-electron chi connectivity index (χ4n) is 2.44. The van der Waals surface area contributed by atoms with Crippen molar-refractivity contribution in [3.8, 4) is 11.3 Å². The lowest BCUT2D eigenvalue weighted by atomic mass is 9.84. The second kappa shape index (κ2) is 5.18. The molecule has 0 aliphatic carbocycles. The van der Waals surface area contributed by atoms with Gasteiger partial charge in [-0.15, -0.1) is 0 Å². The molecule has 0 atom stereocenters. The van der Waals surface area contributed by atoms with Gasteiger partial charge in [0.15, 0.2) is 0 Å². The summed E-state index contributed by atoms with van der Waals surface area (Å²) < 4.78 is 12.0. The van der Waals surface area contributed by atoms with Gasteiger partial charge in [-0.3, -0.25) is 0 Å². The monoisotopic (exact) mass is 296 g/mol. The van der Waals surface area contributed by atoms with Crippen LogP contribution in [-0.2, 0) is 9.31 Å². The van der Waals surface area contributed by atoms with Gasteiger partial charge in [-0.05, 0) is 52.3 Å². The van der Waals surface area contributed by atoms with Crippen LogP contribution in [0, 0.1) is 6.92 Å². The normalized spacial score (nSPS) is 19.4. The maximum atomic E-state index is 5.99. The van der Waals surface area contributed by atoms with Crippen molar-refractivity contribution in [1.82, 2.24) is 10.2 Å². The molecule has 0 bridgehead atoms. The van der Waals surface area contributed by atoms with Gasteiger partial charge in [-0.25, -0.2) is 0 Å². The Labute approximate surface area is 132 Å². The van der Waals surface area contributed by atoms with E-state index in [1.807, 2.05) is 58.0 Å². The minimum Gasteiger partial charge on any atom is -0.398 e. The van der Waals surface area contributed by atoms with E-state index >= 15 is 0 Å². The first kappa shape index (κ1) is 15.2. The minimum absolute atomic E-state index is 0.367. The van der Waals surface area contributed by atoms with Crippen molar-refractivity contribution in [1.29, 1.82) is 0 Å². The lowest BCUT2D eigenvalue weighted by Crippen LogP contribution is -2.41. The van der Waals surface area contributed by atoms with Crippen LogP contribution in [0.1, 0.15) is 33.3 Å². The maximum absolute atomic E-state index is 5.99. The number of rotatable bonds is 2. The topological polar surface area (TPSA) is 44.2 Å². The van der Waals surface area contributed by atoms with Crippen LogP contribution in [0.2, 0.25) is 0 Å². The summed E-state index contributed by atoms with van der Waals surface area (Å²) >= 11 is 0. The zero-order valence-electron chi connectivity index (χ0n) is 13.8. The van der Waals surface area contributed by atoms with Crippen molar-refractivity contribution in [2.75, 3.05) is 0 Å². The molecule has 1 saturated heterocycles. The SMILES string of the molecule is Cc1ccccc1-c1ccc(B2OC(C)(C)C(C)(C)O2)nn1. The van der Waals surface area contributed by atoms with Gasteiger partial charge in [-0.2, -0.15) is 10.2 Å². The van der Waals surface area contributed by atoms with E-state index in [0.717, 1.165) is 11.3 Å². The fraction of sp³-hybridized carbons (Fsp3) is 0.412. The summed E-state index contributed by atoms with van der Waals surface area (Å²) in [7, 11) is -0.469. The van der Waals surface area contributed by atoms with E-state index in [1.165, 1.54) is 5.56 Å². The molecule has 3 rings (SSSR count). The average molecular weight is 296 g/mol. The smallest absolute Gasteiger partial charge is 0.398 e. The van der Waals surface area contributed by atoms with E-state index in [0.29, 0.717) is 5.59 Å². The minimum atomic E-state index is -0.469. The molecule has 1 aromatic heterocycles. The van der Waals surface area contributed by atoms with Crippen LogP contribution in [0.3, 0.4) is 0 Å². The molecule has 2 aromatic rings. The summed E-state index contributed by atoms with van der Waals surface area (Å²) in [4.78, 5) is 0. The van der Waals surface area contributed by atoms with E-state index in [2.05, 4.69) is 23.2 Å². The van der Waals surface area contributed by atoms with Crippen LogP contribution < -0.4 is 5.59 Å². The van der Waals surface area contributed by atoms with E-state index in [4.69, 9.17) is 9.31 Å². The van der Waals surface area contributed by atoms with Gasteiger partial charge < -0.3 is 9.31 Å². The molecule has 114 valence electrons. The quantitative estimate of drug-likeness (QED) is 0.799. The molecular weight excluding hydrogens is 275 g/mol. The summed E-state index contributed by atoms with van der Waals surface area (Å²) in [5, 5.41) is 8.65. The number of aromatic nitrogens is 2. The molecule has 5 heteroatoms. The Morgan fingerprint density at radius 3 is 2.05 bits per heavy atom. The van der Waals surface area contributed by atoms with Crippen LogP contribution in [-0.4, -0.2) is 28.5 Å². The first-order valence-corrected chi connectivity index (χ1v) is 7.55. The molecule has 0 radical (unpaired) electrons. The Kier molecular flexibility index (Phi) is 3.58. The third-order valence-corrected chi connectivity index (χ3v) is 4.60. The molecule has 0 spiro atoms. The van der Waals surface area contributed by atoms with Gasteiger partial charge >= 0.3 is 7.12 Å². The highest BCUT2D eigenvalue weighted by Crippen LogP contribution is 2.36. The molecule has 0 unspecified atom stereocenters. The summed E-state index contributed by atoms with van der Waals surface area (Å²) in [6.07, 6.45) is 0. The molecule has 0 N–H and O–H groups in total. The van der Waals surface area contributed by atoms with Crippen molar-refractivity contribution in [2.45, 2.75) is 45.8 Å². The van der Waals surface area contributed by atoms with Crippen LogP contribution in [0.4, 0.5) is 0 Å². The van der Waals surface area contributed by atoms with E-state index < -0.39 is 7.12 Å². The average Bonchev–Trinajstić information content (AvgIpc) is 2.68. The molecule has 1 fully saturated rings. The van der Waals surface area contributed by atoms with Crippen LogP contribution in [0.25, 0.3) is 11.3 Å². The third-order valence-electron chi connectivity index (χ3n) is 4.60. The number of benzene rings is 1. The lowest BCUT2D eigenvalue weighted by Gasteiger charge is -2.32. The molecule has 0 amide bonds. The molecule has 1 aliphatic rings. The zero-order valence-corrected chi connectivity index (χ0v) is 13.8. The summed E-state index contributed by atoms with van der Waals surface area (Å²) in [5.41, 5.74) is 3.10. The Balaban J connectivity index is 1.86. The summed E-state index contributed by atoms with van der Waals surface area (Å²) in [5.74, 6) is 0. The first-order chi connectivity index (χ1) is 10.3. The molecule has 2 heterocycles. The summed E-state index contributed by atoms with van der Waals surface area (Å²) in [6, 6.07) is 12.0. The fourth-order valence-corrected chi connectivity index (χ4v) is 2.44. The van der Waals surface area contributed by atoms with Gasteiger partial charge in [0.1, 0.15) is 0 Å². The standard InChI is InChI=1S/C17H21BN2O2/c1-12-8-6-7-9-13(12)14-10-11-15(20-19-14)18-21-16(2,3)17(4,5)22-18/h6-11H,1-5H3. The predicted molar refractivity (Wildman–Crippen MR) is 87.9 cm³/mol. The van der Waals surface area contributed by atoms with Gasteiger partial charge in [0.25, 0.3) is 0 Å². The van der Waals surface area contributed by atoms with Crippen molar-refractivity contribution >= 4 is 12.7 Å². The zero-order chi connectivity index (χ0) is 16.0. The van der Waals surface area contributed by atoms with Gasteiger partial charge in [-0.1, -0.05) is 24.3 Å². The molecule has 0 saturated carbocycles. The molecule has 4 nitrogen and oxygen atoms in total. The first-order valence-electron chi connectivity index (χ1n) is 7.55. The number of nitrogens with zero attached hydrogens (tertiary/aromatic N) is 2. The Bertz CT molecular complexity index is 667. The van der Waals surface area contributed by atoms with Crippen molar-refractivity contribution in [3.05, 3.63) is 42.0 Å². The number of hydrogen-bond donors (Lipinski definition) is 0. The van der Waals surface area contributed by atoms with Crippen LogP contribution >= 0.6 is 0 Å². The van der Waals surface area contributed by atoms with Gasteiger partial charge in [0.2, 0.25) is 0 Å². The van der Waals surface area contributed by atoms with E-state index in [9.17, 15) is 0 Å². The van der Waals surface area contributed by atoms with Crippen LogP contribution in [0.15, 0.2) is 36.4 Å². The molecular formula is C17H21BN2O2. The van der Waals surface area contributed by atoms with Crippen LogP contribution in [0.5, 0.6) is 0 Å². The van der Waals surface area contributed by atoms with E-state index in [1.54, 1.807) is 0 Å². The van der Waals surface area contributed by atoms with Crippen molar-refractivity contribution < 1.29 is 9.31 Å². The third kappa shape index (κ3) is 2.55. The Morgan fingerprint density at radius 1 is 0.864 bits per heavy atom. The second-order valence-electron chi connectivity index (χ2n) is 6.75. The van der Waals surface area contributed by atoms with Gasteiger partial charge in [0.05, 0.1) is 22.5 Å². The predicted octanol–water partition coefficient (Wildman–Crippen LogP) is 2.75. The highest BCUT2D eigenvalue weighted by molar-refractivity contribution is 6.61. The van der Waals surface area contributed by atoms with Gasteiger partial charge in [0, 0.05) is 5.56 Å². The van der Waals surface area contributed by atoms with Crippen molar-refractivity contribution in [3.63, 3.8) is 0 Å². The highest BCUT2D eigenvalue weighted by Gasteiger charge is 2.52. The lowest BCUT2D eigenvalue weighted by molar-refractivity contribution is 0.00578. The Hall–Kier alpha value is -1.72. The highest BCUT2D eigenvalue weighted by atomic mass is 16.7. The molecule has 1 aliphatic heterocycles. The van der Waals surface area contributed by atoms with Crippen molar-refractivity contribution in [2.24, 2.45) is 0 Å². The largest absolute Gasteiger partial charge is 0.516 e. The van der Waals surface area contributed by atoms with E-state index in [-0.39, 0.29) is 11.2 Å².